The Hall–Kier alpha value is -3.85. The molecule has 0 heterocycles. The van der Waals surface area contributed by atoms with Crippen molar-refractivity contribution >= 4 is 47.3 Å². The lowest BCUT2D eigenvalue weighted by atomic mass is 10.0. The van der Waals surface area contributed by atoms with E-state index in [1.807, 2.05) is 0 Å². The molecule has 4 atom stereocenters. The number of nitrogens with one attached hydrogen (secondary N) is 3. The fraction of sp³-hybridized carbons (Fsp3) is 0.478. The van der Waals surface area contributed by atoms with Crippen LogP contribution >= 0.6 is 11.8 Å². The summed E-state index contributed by atoms with van der Waals surface area (Å²) in [6.45, 7) is 0. The number of amides is 4. The minimum atomic E-state index is -1.41. The number of rotatable bonds is 17. The van der Waals surface area contributed by atoms with Crippen LogP contribution in [-0.2, 0) is 35.2 Å². The van der Waals surface area contributed by atoms with Crippen molar-refractivity contribution in [1.29, 1.82) is 0 Å². The number of hydrogen-bond acceptors (Lipinski definition) is 9. The molecule has 0 aliphatic carbocycles. The highest BCUT2D eigenvalue weighted by Gasteiger charge is 2.30. The zero-order chi connectivity index (χ0) is 28.8. The van der Waals surface area contributed by atoms with E-state index in [-0.39, 0.29) is 31.4 Å². The Morgan fingerprint density at radius 3 is 1.89 bits per heavy atom. The number of carboxylic acids is 2. The smallest absolute Gasteiger partial charge is 0.326 e. The minimum absolute atomic E-state index is 0.0223. The second-order valence-electron chi connectivity index (χ2n) is 8.38. The van der Waals surface area contributed by atoms with Gasteiger partial charge in [-0.15, -0.1) is 0 Å². The molecule has 0 aromatic heterocycles. The maximum absolute atomic E-state index is 13.0. The average molecular weight is 556 g/mol. The van der Waals surface area contributed by atoms with Gasteiger partial charge in [0.25, 0.3) is 0 Å². The molecule has 0 radical (unpaired) electrons. The Bertz CT molecular complexity index is 1010. The summed E-state index contributed by atoms with van der Waals surface area (Å²) in [6, 6.07) is 0.303. The van der Waals surface area contributed by atoms with Crippen molar-refractivity contribution in [1.82, 2.24) is 16.0 Å². The number of phenols is 1. The average Bonchev–Trinajstić information content (AvgIpc) is 2.84. The number of aromatic hydroxyl groups is 1. The maximum Gasteiger partial charge on any atom is 0.326 e. The quantitative estimate of drug-likeness (QED) is 0.107. The zero-order valence-electron chi connectivity index (χ0n) is 20.7. The summed E-state index contributed by atoms with van der Waals surface area (Å²) in [7, 11) is 0. The van der Waals surface area contributed by atoms with Crippen LogP contribution in [0.5, 0.6) is 5.75 Å². The second kappa shape index (κ2) is 16.1. The molecule has 38 heavy (non-hydrogen) atoms. The monoisotopic (exact) mass is 555 g/mol. The van der Waals surface area contributed by atoms with E-state index in [9.17, 15) is 39.0 Å². The van der Waals surface area contributed by atoms with E-state index < -0.39 is 66.2 Å². The molecule has 0 fully saturated rings. The van der Waals surface area contributed by atoms with E-state index in [0.717, 1.165) is 0 Å². The van der Waals surface area contributed by atoms with Crippen LogP contribution in [0.25, 0.3) is 0 Å². The Balaban J connectivity index is 3.04. The van der Waals surface area contributed by atoms with E-state index in [2.05, 4.69) is 16.0 Å². The molecule has 4 amide bonds. The fourth-order valence-corrected chi connectivity index (χ4v) is 3.70. The summed E-state index contributed by atoms with van der Waals surface area (Å²) >= 11 is 1.37. The standard InChI is InChI=1S/C23H33N5O9S/c1-38-9-8-16(26-20(33)14(24)11-19(31)32)22(35)27-15(6-7-18(25)30)21(34)28-17(23(36)37)10-12-2-4-13(29)5-3-12/h2-5,14-17,29H,6-11,24H2,1H3,(H2,25,30)(H,26,33)(H,27,35)(H,28,34)(H,31,32)(H,36,37). The van der Waals surface area contributed by atoms with Gasteiger partial charge in [-0.25, -0.2) is 4.79 Å². The van der Waals surface area contributed by atoms with Crippen LogP contribution in [-0.4, -0.2) is 87.1 Å². The molecule has 0 aliphatic heterocycles. The van der Waals surface area contributed by atoms with Crippen molar-refractivity contribution in [3.63, 3.8) is 0 Å². The largest absolute Gasteiger partial charge is 0.508 e. The van der Waals surface area contributed by atoms with Crippen LogP contribution < -0.4 is 27.4 Å². The summed E-state index contributed by atoms with van der Waals surface area (Å²) in [6.07, 6.45) is 0.521. The predicted molar refractivity (Wildman–Crippen MR) is 137 cm³/mol. The van der Waals surface area contributed by atoms with Crippen molar-refractivity contribution in [3.05, 3.63) is 29.8 Å². The number of hydrogen-bond donors (Lipinski definition) is 8. The summed E-state index contributed by atoms with van der Waals surface area (Å²) in [5, 5.41) is 34.9. The van der Waals surface area contributed by atoms with Crippen LogP contribution in [0.4, 0.5) is 0 Å². The molecular weight excluding hydrogens is 522 g/mol. The first-order valence-corrected chi connectivity index (χ1v) is 12.9. The highest BCUT2D eigenvalue weighted by molar-refractivity contribution is 7.98. The SMILES string of the molecule is CSCCC(NC(=O)C(N)CC(=O)O)C(=O)NC(CCC(N)=O)C(=O)NC(Cc1ccc(O)cc1)C(=O)O. The topological polar surface area (TPSA) is 251 Å². The Morgan fingerprint density at radius 2 is 1.39 bits per heavy atom. The first kappa shape index (κ1) is 32.2. The number of carbonyl (C=O) groups excluding carboxylic acids is 4. The Labute approximate surface area is 222 Å². The van der Waals surface area contributed by atoms with Gasteiger partial charge < -0.3 is 42.7 Å². The highest BCUT2D eigenvalue weighted by Crippen LogP contribution is 2.12. The first-order chi connectivity index (χ1) is 17.8. The van der Waals surface area contributed by atoms with Crippen LogP contribution in [0.1, 0.15) is 31.2 Å². The van der Waals surface area contributed by atoms with Gasteiger partial charge in [0.1, 0.15) is 23.9 Å². The third kappa shape index (κ3) is 11.9. The van der Waals surface area contributed by atoms with Gasteiger partial charge in [0.2, 0.25) is 23.6 Å². The summed E-state index contributed by atoms with van der Waals surface area (Å²) < 4.78 is 0. The van der Waals surface area contributed by atoms with Crippen molar-refractivity contribution in [2.24, 2.45) is 11.5 Å². The van der Waals surface area contributed by atoms with Gasteiger partial charge in [0, 0.05) is 12.8 Å². The van der Waals surface area contributed by atoms with Crippen LogP contribution in [0, 0.1) is 0 Å². The van der Waals surface area contributed by atoms with Gasteiger partial charge >= 0.3 is 11.9 Å². The third-order valence-electron chi connectivity index (χ3n) is 5.28. The Kier molecular flexibility index (Phi) is 13.6. The number of carbonyl (C=O) groups is 6. The molecule has 1 rings (SSSR count). The number of aliphatic carboxylic acids is 2. The van der Waals surface area contributed by atoms with Crippen molar-refractivity contribution in [2.75, 3.05) is 12.0 Å². The van der Waals surface area contributed by atoms with Gasteiger partial charge in [-0.1, -0.05) is 12.1 Å². The molecule has 10 N–H and O–H groups in total. The van der Waals surface area contributed by atoms with Gasteiger partial charge in [0.05, 0.1) is 12.5 Å². The predicted octanol–water partition coefficient (Wildman–Crippen LogP) is -1.71. The number of phenolic OH excluding ortho intramolecular Hbond substituents is 1. The zero-order valence-corrected chi connectivity index (χ0v) is 21.5. The number of benzene rings is 1. The molecule has 0 spiro atoms. The van der Waals surface area contributed by atoms with Gasteiger partial charge in [-0.05, 0) is 42.5 Å². The molecule has 0 saturated heterocycles. The van der Waals surface area contributed by atoms with E-state index >= 15 is 0 Å². The number of nitrogens with two attached hydrogens (primary N) is 2. The Morgan fingerprint density at radius 1 is 0.868 bits per heavy atom. The molecule has 4 unspecified atom stereocenters. The van der Waals surface area contributed by atoms with Gasteiger partial charge in [-0.3, -0.25) is 24.0 Å². The molecule has 1 aromatic carbocycles. The molecule has 1 aromatic rings. The van der Waals surface area contributed by atoms with Crippen LogP contribution in [0.15, 0.2) is 24.3 Å². The second-order valence-corrected chi connectivity index (χ2v) is 9.37. The van der Waals surface area contributed by atoms with Gasteiger partial charge in [0.15, 0.2) is 0 Å². The van der Waals surface area contributed by atoms with Crippen molar-refractivity contribution < 1.29 is 44.1 Å². The molecule has 0 aliphatic rings. The molecule has 14 nitrogen and oxygen atoms in total. The summed E-state index contributed by atoms with van der Waals surface area (Å²) in [4.78, 5) is 72.2. The van der Waals surface area contributed by atoms with Crippen LogP contribution in [0.3, 0.4) is 0 Å². The molecular formula is C23H33N5O9S. The van der Waals surface area contributed by atoms with Crippen molar-refractivity contribution in [2.45, 2.75) is 56.3 Å². The van der Waals surface area contributed by atoms with E-state index in [4.69, 9.17) is 16.6 Å². The molecule has 0 saturated carbocycles. The van der Waals surface area contributed by atoms with E-state index in [1.54, 1.807) is 6.26 Å². The lowest BCUT2D eigenvalue weighted by Crippen LogP contribution is -2.57. The summed E-state index contributed by atoms with van der Waals surface area (Å²) in [5.41, 5.74) is 11.3. The summed E-state index contributed by atoms with van der Waals surface area (Å²) in [5.74, 6) is -5.63. The first-order valence-electron chi connectivity index (χ1n) is 11.5. The maximum atomic E-state index is 13.0. The molecule has 15 heteroatoms. The van der Waals surface area contributed by atoms with Crippen molar-refractivity contribution in [3.8, 4) is 5.75 Å². The molecule has 0 bridgehead atoms. The number of carboxylic acid groups (broad SMARTS) is 2. The normalized spacial score (nSPS) is 13.8. The van der Waals surface area contributed by atoms with E-state index in [0.29, 0.717) is 11.3 Å². The number of thioether (sulfide) groups is 1. The lowest BCUT2D eigenvalue weighted by Gasteiger charge is -2.25. The van der Waals surface area contributed by atoms with E-state index in [1.165, 1.54) is 36.0 Å². The number of primary amides is 1. The van der Waals surface area contributed by atoms with Gasteiger partial charge in [-0.2, -0.15) is 11.8 Å². The fourth-order valence-electron chi connectivity index (χ4n) is 3.23. The third-order valence-corrected chi connectivity index (χ3v) is 5.92. The molecule has 210 valence electrons. The highest BCUT2D eigenvalue weighted by atomic mass is 32.2. The lowest BCUT2D eigenvalue weighted by molar-refractivity contribution is -0.142. The van der Waals surface area contributed by atoms with Crippen LogP contribution in [0.2, 0.25) is 0 Å². The minimum Gasteiger partial charge on any atom is -0.508 e.